The molecule has 1 atom stereocenters. The monoisotopic (exact) mass is 452 g/mol. The Balaban J connectivity index is 2.10. The minimum atomic E-state index is -0.0178. The molecule has 0 bridgehead atoms. The van der Waals surface area contributed by atoms with Crippen LogP contribution in [0.5, 0.6) is 0 Å². The summed E-state index contributed by atoms with van der Waals surface area (Å²) in [4.78, 5) is 32.2. The SMILES string of the molecule is C#CCN(CC#C)C(=O)C[C@H]1CCCCN1Cc1cccn(CCN(C(C)C)C(C)C)c1=O. The number of amides is 1. The Morgan fingerprint density at radius 1 is 1.15 bits per heavy atom. The molecule has 1 aromatic heterocycles. The average Bonchev–Trinajstić information content (AvgIpc) is 2.77. The molecule has 0 N–H and O–H groups in total. The Bertz CT molecular complexity index is 882. The minimum Gasteiger partial charge on any atom is -0.320 e. The molecule has 1 aromatic rings. The summed E-state index contributed by atoms with van der Waals surface area (Å²) >= 11 is 0. The zero-order valence-corrected chi connectivity index (χ0v) is 20.8. The second-order valence-electron chi connectivity index (χ2n) is 9.44. The number of nitrogens with zero attached hydrogens (tertiary/aromatic N) is 4. The standard InChI is InChI=1S/C27H40N4O2/c1-7-14-28(15-8-2)26(32)20-25-13-9-10-16-30(25)21-24-12-11-17-29(27(24)33)18-19-31(22(3)4)23(5)6/h1-2,11-12,17,22-23,25H,9-10,13-16,18-21H2,3-6H3/t25-/m1/s1. The van der Waals surface area contributed by atoms with Crippen LogP contribution in [0.15, 0.2) is 23.1 Å². The lowest BCUT2D eigenvalue weighted by atomic mass is 9.98. The zero-order valence-electron chi connectivity index (χ0n) is 20.8. The first-order chi connectivity index (χ1) is 15.8. The third kappa shape index (κ3) is 7.77. The van der Waals surface area contributed by atoms with Gasteiger partial charge in [-0.15, -0.1) is 12.8 Å². The number of hydrogen-bond donors (Lipinski definition) is 0. The Kier molecular flexibility index (Phi) is 10.7. The van der Waals surface area contributed by atoms with Crippen LogP contribution in [-0.4, -0.2) is 69.5 Å². The zero-order chi connectivity index (χ0) is 24.4. The molecule has 2 rings (SSSR count). The molecule has 2 heterocycles. The predicted octanol–water partition coefficient (Wildman–Crippen LogP) is 2.81. The van der Waals surface area contributed by atoms with Gasteiger partial charge in [0.15, 0.2) is 0 Å². The van der Waals surface area contributed by atoms with E-state index in [0.29, 0.717) is 31.6 Å². The number of aromatic nitrogens is 1. The molecule has 1 saturated heterocycles. The molecule has 0 aliphatic carbocycles. The number of rotatable bonds is 11. The van der Waals surface area contributed by atoms with Gasteiger partial charge >= 0.3 is 0 Å². The molecule has 0 spiro atoms. The van der Waals surface area contributed by atoms with E-state index < -0.39 is 0 Å². The lowest BCUT2D eigenvalue weighted by Crippen LogP contribution is -2.44. The highest BCUT2D eigenvalue weighted by atomic mass is 16.2. The van der Waals surface area contributed by atoms with Crippen molar-refractivity contribution < 1.29 is 4.79 Å². The van der Waals surface area contributed by atoms with Crippen LogP contribution in [0.1, 0.15) is 58.9 Å². The van der Waals surface area contributed by atoms with Gasteiger partial charge < -0.3 is 9.47 Å². The average molecular weight is 453 g/mol. The molecular formula is C27H40N4O2. The number of pyridine rings is 1. The van der Waals surface area contributed by atoms with Crippen LogP contribution in [0.25, 0.3) is 0 Å². The normalized spacial score (nSPS) is 16.7. The van der Waals surface area contributed by atoms with Gasteiger partial charge in [0.25, 0.3) is 5.56 Å². The Hall–Kier alpha value is -2.54. The Morgan fingerprint density at radius 2 is 1.82 bits per heavy atom. The van der Waals surface area contributed by atoms with Crippen LogP contribution in [0.2, 0.25) is 0 Å². The minimum absolute atomic E-state index is 0.0178. The number of terminal acetylenes is 2. The van der Waals surface area contributed by atoms with Crippen molar-refractivity contribution in [1.82, 2.24) is 19.3 Å². The van der Waals surface area contributed by atoms with E-state index in [4.69, 9.17) is 12.8 Å². The Morgan fingerprint density at radius 3 is 2.42 bits per heavy atom. The van der Waals surface area contributed by atoms with Gasteiger partial charge in [-0.25, -0.2) is 0 Å². The first-order valence-corrected chi connectivity index (χ1v) is 12.1. The molecular weight excluding hydrogens is 412 g/mol. The first-order valence-electron chi connectivity index (χ1n) is 12.1. The van der Waals surface area contributed by atoms with E-state index in [-0.39, 0.29) is 30.6 Å². The molecule has 6 nitrogen and oxygen atoms in total. The van der Waals surface area contributed by atoms with Crippen LogP contribution in [-0.2, 0) is 17.9 Å². The van der Waals surface area contributed by atoms with Crippen molar-refractivity contribution in [2.24, 2.45) is 0 Å². The van der Waals surface area contributed by atoms with Gasteiger partial charge in [0.1, 0.15) is 0 Å². The Labute approximate surface area is 199 Å². The van der Waals surface area contributed by atoms with Gasteiger partial charge in [0, 0.05) is 55.9 Å². The molecule has 0 saturated carbocycles. The van der Waals surface area contributed by atoms with Gasteiger partial charge in [0.2, 0.25) is 5.91 Å². The second kappa shape index (κ2) is 13.2. The van der Waals surface area contributed by atoms with Crippen molar-refractivity contribution in [2.75, 3.05) is 26.2 Å². The molecule has 0 radical (unpaired) electrons. The van der Waals surface area contributed by atoms with Gasteiger partial charge in [-0.3, -0.25) is 19.4 Å². The largest absolute Gasteiger partial charge is 0.320 e. The molecule has 1 amide bonds. The lowest BCUT2D eigenvalue weighted by Gasteiger charge is -2.36. The maximum atomic E-state index is 13.2. The second-order valence-corrected chi connectivity index (χ2v) is 9.44. The molecule has 180 valence electrons. The van der Waals surface area contributed by atoms with Gasteiger partial charge in [-0.1, -0.05) is 24.3 Å². The number of piperidine rings is 1. The maximum absolute atomic E-state index is 13.2. The molecule has 1 fully saturated rings. The van der Waals surface area contributed by atoms with Crippen molar-refractivity contribution in [3.05, 3.63) is 34.2 Å². The summed E-state index contributed by atoms with van der Waals surface area (Å²) < 4.78 is 1.82. The number of likely N-dealkylation sites (tertiary alicyclic amines) is 1. The summed E-state index contributed by atoms with van der Waals surface area (Å²) in [5.41, 5.74) is 0.837. The van der Waals surface area contributed by atoms with Gasteiger partial charge in [0.05, 0.1) is 13.1 Å². The molecule has 1 aliphatic heterocycles. The van der Waals surface area contributed by atoms with Gasteiger partial charge in [-0.2, -0.15) is 0 Å². The third-order valence-corrected chi connectivity index (χ3v) is 6.47. The fraction of sp³-hybridized carbons (Fsp3) is 0.630. The highest BCUT2D eigenvalue weighted by Gasteiger charge is 2.27. The van der Waals surface area contributed by atoms with Crippen LogP contribution in [0, 0.1) is 24.7 Å². The number of carbonyl (C=O) groups is 1. The molecule has 1 aliphatic rings. The fourth-order valence-corrected chi connectivity index (χ4v) is 4.72. The van der Waals surface area contributed by atoms with E-state index in [0.717, 1.165) is 37.9 Å². The van der Waals surface area contributed by atoms with Crippen LogP contribution in [0.4, 0.5) is 0 Å². The van der Waals surface area contributed by atoms with E-state index >= 15 is 0 Å². The maximum Gasteiger partial charge on any atom is 0.255 e. The topological polar surface area (TPSA) is 48.8 Å². The third-order valence-electron chi connectivity index (χ3n) is 6.47. The fourth-order valence-electron chi connectivity index (χ4n) is 4.72. The van der Waals surface area contributed by atoms with E-state index in [2.05, 4.69) is 49.3 Å². The van der Waals surface area contributed by atoms with Crippen LogP contribution < -0.4 is 5.56 Å². The van der Waals surface area contributed by atoms with E-state index in [9.17, 15) is 9.59 Å². The van der Waals surface area contributed by atoms with E-state index in [1.807, 2.05) is 22.9 Å². The van der Waals surface area contributed by atoms with Crippen molar-refractivity contribution in [1.29, 1.82) is 0 Å². The van der Waals surface area contributed by atoms with Crippen molar-refractivity contribution in [3.8, 4) is 24.7 Å². The number of carbonyl (C=O) groups excluding carboxylic acids is 1. The lowest BCUT2D eigenvalue weighted by molar-refractivity contribution is -0.131. The summed E-state index contributed by atoms with van der Waals surface area (Å²) in [6.07, 6.45) is 16.1. The molecule has 33 heavy (non-hydrogen) atoms. The van der Waals surface area contributed by atoms with Crippen LogP contribution >= 0.6 is 0 Å². The van der Waals surface area contributed by atoms with E-state index in [1.165, 1.54) is 0 Å². The van der Waals surface area contributed by atoms with Crippen molar-refractivity contribution in [2.45, 2.75) is 84.6 Å². The summed E-state index contributed by atoms with van der Waals surface area (Å²) in [6, 6.07) is 4.82. The summed E-state index contributed by atoms with van der Waals surface area (Å²) in [5.74, 6) is 5.02. The number of hydrogen-bond acceptors (Lipinski definition) is 4. The predicted molar refractivity (Wildman–Crippen MR) is 135 cm³/mol. The van der Waals surface area contributed by atoms with Crippen molar-refractivity contribution >= 4 is 5.91 Å². The summed E-state index contributed by atoms with van der Waals surface area (Å²) in [6.45, 7) is 12.1. The summed E-state index contributed by atoms with van der Waals surface area (Å²) in [7, 11) is 0. The van der Waals surface area contributed by atoms with Gasteiger partial charge in [-0.05, 0) is 53.1 Å². The quantitative estimate of drug-likeness (QED) is 0.485. The molecule has 0 unspecified atom stereocenters. The van der Waals surface area contributed by atoms with E-state index in [1.54, 1.807) is 4.90 Å². The highest BCUT2D eigenvalue weighted by Crippen LogP contribution is 2.22. The summed E-state index contributed by atoms with van der Waals surface area (Å²) in [5, 5.41) is 0. The molecule has 6 heteroatoms. The smallest absolute Gasteiger partial charge is 0.255 e. The first kappa shape index (κ1) is 26.7. The van der Waals surface area contributed by atoms with Crippen LogP contribution in [0.3, 0.4) is 0 Å². The van der Waals surface area contributed by atoms with Crippen molar-refractivity contribution in [3.63, 3.8) is 0 Å². The molecule has 0 aromatic carbocycles. The highest BCUT2D eigenvalue weighted by molar-refractivity contribution is 5.77.